The smallest absolute Gasteiger partial charge is 0.338 e. The van der Waals surface area contributed by atoms with E-state index in [-0.39, 0.29) is 41.7 Å². The van der Waals surface area contributed by atoms with E-state index in [0.29, 0.717) is 17.8 Å². The van der Waals surface area contributed by atoms with E-state index in [1.807, 2.05) is 0 Å². The summed E-state index contributed by atoms with van der Waals surface area (Å²) in [7, 11) is 0. The molecule has 0 unspecified atom stereocenters. The van der Waals surface area contributed by atoms with Crippen LogP contribution in [-0.4, -0.2) is 35.6 Å². The number of hydrogen-bond donors (Lipinski definition) is 1. The summed E-state index contributed by atoms with van der Waals surface area (Å²) in [4.78, 5) is 35.3. The zero-order chi connectivity index (χ0) is 20.6. The molecule has 0 radical (unpaired) electrons. The standard InChI is InChI=1S/C21H26N2O6/c1-2-28-18-4-3-16(8-17(18)23(26)27)20(25)29-12-19(24)22-21-9-13-5-14(10-21)7-15(6-13)11-21/h3-4,8,13-15H,2,5-7,9-12H2,1H3,(H,22,24). The molecule has 1 aromatic carbocycles. The molecule has 156 valence electrons. The van der Waals surface area contributed by atoms with Crippen LogP contribution in [0.2, 0.25) is 0 Å². The molecule has 8 heteroatoms. The lowest BCUT2D eigenvalue weighted by atomic mass is 9.53. The van der Waals surface area contributed by atoms with E-state index in [9.17, 15) is 19.7 Å². The van der Waals surface area contributed by atoms with Gasteiger partial charge in [-0.15, -0.1) is 0 Å². The van der Waals surface area contributed by atoms with Crippen LogP contribution in [0.5, 0.6) is 5.75 Å². The highest BCUT2D eigenvalue weighted by atomic mass is 16.6. The normalized spacial score (nSPS) is 29.3. The van der Waals surface area contributed by atoms with E-state index in [1.165, 1.54) is 31.4 Å². The number of hydrogen-bond acceptors (Lipinski definition) is 6. The van der Waals surface area contributed by atoms with Crippen LogP contribution in [0.25, 0.3) is 0 Å². The molecule has 1 amide bonds. The lowest BCUT2D eigenvalue weighted by Gasteiger charge is -2.56. The Kier molecular flexibility index (Phi) is 5.19. The maximum Gasteiger partial charge on any atom is 0.338 e. The van der Waals surface area contributed by atoms with Crippen LogP contribution in [0.4, 0.5) is 5.69 Å². The predicted molar refractivity (Wildman–Crippen MR) is 104 cm³/mol. The van der Waals surface area contributed by atoms with Crippen molar-refractivity contribution in [3.8, 4) is 5.75 Å². The molecule has 4 saturated carbocycles. The highest BCUT2D eigenvalue weighted by Gasteiger charge is 2.51. The van der Waals surface area contributed by atoms with E-state index < -0.39 is 10.9 Å². The second kappa shape index (κ2) is 7.65. The highest BCUT2D eigenvalue weighted by Crippen LogP contribution is 2.55. The van der Waals surface area contributed by atoms with E-state index in [0.717, 1.165) is 25.3 Å². The molecular formula is C21H26N2O6. The summed E-state index contributed by atoms with van der Waals surface area (Å²) >= 11 is 0. The van der Waals surface area contributed by atoms with Gasteiger partial charge in [0.05, 0.1) is 17.1 Å². The average molecular weight is 402 g/mol. The molecule has 0 atom stereocenters. The maximum atomic E-state index is 12.5. The molecule has 29 heavy (non-hydrogen) atoms. The number of nitro groups is 1. The molecule has 0 aromatic heterocycles. The number of nitro benzene ring substituents is 1. The number of carbonyl (C=O) groups excluding carboxylic acids is 2. The van der Waals surface area contributed by atoms with Gasteiger partial charge in [-0.2, -0.15) is 0 Å². The largest absolute Gasteiger partial charge is 0.487 e. The summed E-state index contributed by atoms with van der Waals surface area (Å²) < 4.78 is 10.3. The molecule has 1 N–H and O–H groups in total. The van der Waals surface area contributed by atoms with Gasteiger partial charge in [-0.25, -0.2) is 4.79 Å². The van der Waals surface area contributed by atoms with Gasteiger partial charge >= 0.3 is 11.7 Å². The summed E-state index contributed by atoms with van der Waals surface area (Å²) in [6, 6.07) is 3.88. The van der Waals surface area contributed by atoms with Gasteiger partial charge in [-0.05, 0) is 75.3 Å². The third kappa shape index (κ3) is 4.06. The first-order chi connectivity index (χ1) is 13.9. The molecule has 8 nitrogen and oxygen atoms in total. The molecule has 4 bridgehead atoms. The van der Waals surface area contributed by atoms with Crippen LogP contribution >= 0.6 is 0 Å². The number of amides is 1. The Balaban J connectivity index is 1.35. The third-order valence-electron chi connectivity index (χ3n) is 6.47. The minimum atomic E-state index is -0.767. The zero-order valence-corrected chi connectivity index (χ0v) is 16.5. The van der Waals surface area contributed by atoms with Crippen molar-refractivity contribution in [1.29, 1.82) is 0 Å². The number of nitrogens with one attached hydrogen (secondary N) is 1. The summed E-state index contributed by atoms with van der Waals surface area (Å²) in [5.74, 6) is 1.13. The van der Waals surface area contributed by atoms with Crippen LogP contribution in [0.1, 0.15) is 55.8 Å². The topological polar surface area (TPSA) is 108 Å². The SMILES string of the molecule is CCOc1ccc(C(=O)OCC(=O)NC23CC4CC(CC(C4)C2)C3)cc1[N+](=O)[O-]. The van der Waals surface area contributed by atoms with Gasteiger partial charge < -0.3 is 14.8 Å². The first kappa shape index (κ1) is 19.7. The number of carbonyl (C=O) groups is 2. The van der Waals surface area contributed by atoms with Gasteiger partial charge in [0.1, 0.15) is 0 Å². The Morgan fingerprint density at radius 1 is 1.17 bits per heavy atom. The van der Waals surface area contributed by atoms with Crippen LogP contribution in [0.3, 0.4) is 0 Å². The van der Waals surface area contributed by atoms with E-state index in [1.54, 1.807) is 6.92 Å². The van der Waals surface area contributed by atoms with E-state index in [2.05, 4.69) is 5.32 Å². The van der Waals surface area contributed by atoms with Crippen molar-refractivity contribution < 1.29 is 24.0 Å². The monoisotopic (exact) mass is 402 g/mol. The van der Waals surface area contributed by atoms with Gasteiger partial charge in [0.15, 0.2) is 12.4 Å². The Labute approximate surface area is 169 Å². The quantitative estimate of drug-likeness (QED) is 0.426. The van der Waals surface area contributed by atoms with Crippen LogP contribution < -0.4 is 10.1 Å². The number of rotatable bonds is 7. The van der Waals surface area contributed by atoms with Crippen molar-refractivity contribution in [2.45, 2.75) is 51.0 Å². The molecular weight excluding hydrogens is 376 g/mol. The third-order valence-corrected chi connectivity index (χ3v) is 6.47. The Morgan fingerprint density at radius 3 is 2.34 bits per heavy atom. The van der Waals surface area contributed by atoms with Crippen molar-refractivity contribution >= 4 is 17.6 Å². The number of nitrogens with zero attached hydrogens (tertiary/aromatic N) is 1. The molecule has 0 aliphatic heterocycles. The number of benzene rings is 1. The minimum absolute atomic E-state index is 0.0164. The lowest BCUT2D eigenvalue weighted by Crippen LogP contribution is -2.60. The van der Waals surface area contributed by atoms with Crippen molar-refractivity contribution in [3.05, 3.63) is 33.9 Å². The average Bonchev–Trinajstić information content (AvgIpc) is 2.65. The maximum absolute atomic E-state index is 12.5. The first-order valence-electron chi connectivity index (χ1n) is 10.3. The van der Waals surface area contributed by atoms with Gasteiger partial charge in [0.2, 0.25) is 0 Å². The molecule has 0 heterocycles. The van der Waals surface area contributed by atoms with E-state index >= 15 is 0 Å². The fourth-order valence-electron chi connectivity index (χ4n) is 5.87. The number of ether oxygens (including phenoxy) is 2. The summed E-state index contributed by atoms with van der Waals surface area (Å²) in [6.07, 6.45) is 6.89. The molecule has 4 aliphatic carbocycles. The van der Waals surface area contributed by atoms with Crippen molar-refractivity contribution in [1.82, 2.24) is 5.32 Å². The lowest BCUT2D eigenvalue weighted by molar-refractivity contribution is -0.385. The Hall–Kier alpha value is -2.64. The molecule has 5 rings (SSSR count). The summed E-state index contributed by atoms with van der Waals surface area (Å²) in [6.45, 7) is 1.60. The van der Waals surface area contributed by atoms with Crippen molar-refractivity contribution in [3.63, 3.8) is 0 Å². The second-order valence-electron chi connectivity index (χ2n) is 8.69. The Bertz CT molecular complexity index is 801. The van der Waals surface area contributed by atoms with Crippen molar-refractivity contribution in [2.75, 3.05) is 13.2 Å². The van der Waals surface area contributed by atoms with Gasteiger partial charge in [0, 0.05) is 11.6 Å². The van der Waals surface area contributed by atoms with E-state index in [4.69, 9.17) is 9.47 Å². The fraction of sp³-hybridized carbons (Fsp3) is 0.619. The highest BCUT2D eigenvalue weighted by molar-refractivity contribution is 5.92. The Morgan fingerprint density at radius 2 is 1.79 bits per heavy atom. The molecule has 1 aromatic rings. The molecule has 0 saturated heterocycles. The first-order valence-corrected chi connectivity index (χ1v) is 10.3. The summed E-state index contributed by atoms with van der Waals surface area (Å²) in [5.41, 5.74) is -0.432. The minimum Gasteiger partial charge on any atom is -0.487 e. The van der Waals surface area contributed by atoms with Gasteiger partial charge in [-0.1, -0.05) is 0 Å². The van der Waals surface area contributed by atoms with Crippen LogP contribution in [0.15, 0.2) is 18.2 Å². The molecule has 0 spiro atoms. The second-order valence-corrected chi connectivity index (χ2v) is 8.69. The van der Waals surface area contributed by atoms with Crippen LogP contribution in [0, 0.1) is 27.9 Å². The fourth-order valence-corrected chi connectivity index (χ4v) is 5.87. The molecule has 4 aliphatic rings. The molecule has 4 fully saturated rings. The summed E-state index contributed by atoms with van der Waals surface area (Å²) in [5, 5.41) is 14.3. The predicted octanol–water partition coefficient (Wildman–Crippen LogP) is 3.24. The van der Waals surface area contributed by atoms with Crippen molar-refractivity contribution in [2.24, 2.45) is 17.8 Å². The zero-order valence-electron chi connectivity index (χ0n) is 16.5. The van der Waals surface area contributed by atoms with Crippen LogP contribution in [-0.2, 0) is 9.53 Å². The van der Waals surface area contributed by atoms with Gasteiger partial charge in [0.25, 0.3) is 5.91 Å². The van der Waals surface area contributed by atoms with Gasteiger partial charge in [-0.3, -0.25) is 14.9 Å². The number of esters is 1.